The molecule has 0 aliphatic carbocycles. The Labute approximate surface area is 162 Å². The molecular formula is C21H23F3N2O2. The summed E-state index contributed by atoms with van der Waals surface area (Å²) < 4.78 is 44.8. The first-order valence-corrected chi connectivity index (χ1v) is 9.27. The van der Waals surface area contributed by atoms with Gasteiger partial charge in [-0.2, -0.15) is 13.2 Å². The molecule has 0 spiro atoms. The quantitative estimate of drug-likeness (QED) is 0.688. The number of hydrogen-bond donors (Lipinski definition) is 2. The van der Waals surface area contributed by atoms with Gasteiger partial charge in [-0.05, 0) is 49.1 Å². The molecule has 3 rings (SSSR count). The van der Waals surface area contributed by atoms with E-state index in [0.717, 1.165) is 24.1 Å². The summed E-state index contributed by atoms with van der Waals surface area (Å²) in [4.78, 5) is 12.4. The monoisotopic (exact) mass is 392 g/mol. The molecule has 1 amide bonds. The van der Waals surface area contributed by atoms with Crippen molar-refractivity contribution in [3.05, 3.63) is 65.2 Å². The summed E-state index contributed by atoms with van der Waals surface area (Å²) in [7, 11) is 0. The number of fused-ring (bicyclic) bond motifs is 1. The van der Waals surface area contributed by atoms with Gasteiger partial charge in [-0.25, -0.2) is 4.79 Å². The normalized spacial score (nSPS) is 19.9. The second kappa shape index (κ2) is 8.12. The zero-order valence-electron chi connectivity index (χ0n) is 15.7. The van der Waals surface area contributed by atoms with E-state index in [9.17, 15) is 18.0 Å². The Balaban J connectivity index is 1.78. The van der Waals surface area contributed by atoms with Gasteiger partial charge in [0.1, 0.15) is 6.10 Å². The van der Waals surface area contributed by atoms with Crippen LogP contribution in [-0.2, 0) is 10.9 Å². The Morgan fingerprint density at radius 2 is 1.96 bits per heavy atom. The first-order valence-electron chi connectivity index (χ1n) is 9.27. The zero-order valence-corrected chi connectivity index (χ0v) is 15.7. The molecule has 0 saturated heterocycles. The first-order chi connectivity index (χ1) is 13.3. The van der Waals surface area contributed by atoms with E-state index >= 15 is 0 Å². The van der Waals surface area contributed by atoms with E-state index in [4.69, 9.17) is 4.74 Å². The van der Waals surface area contributed by atoms with E-state index in [2.05, 4.69) is 10.6 Å². The van der Waals surface area contributed by atoms with E-state index in [-0.39, 0.29) is 6.04 Å². The van der Waals surface area contributed by atoms with Crippen molar-refractivity contribution >= 4 is 11.8 Å². The predicted molar refractivity (Wildman–Crippen MR) is 101 cm³/mol. The molecule has 1 aliphatic heterocycles. The third kappa shape index (κ3) is 4.58. The van der Waals surface area contributed by atoms with E-state index in [1.807, 2.05) is 37.3 Å². The smallest absolute Gasteiger partial charge is 0.416 e. The van der Waals surface area contributed by atoms with E-state index in [0.29, 0.717) is 17.7 Å². The number of nitrogens with one attached hydrogen (secondary N) is 2. The number of benzene rings is 2. The summed E-state index contributed by atoms with van der Waals surface area (Å²) >= 11 is 0. The van der Waals surface area contributed by atoms with Crippen LogP contribution >= 0.6 is 0 Å². The van der Waals surface area contributed by atoms with E-state index in [1.165, 1.54) is 6.07 Å². The fourth-order valence-corrected chi connectivity index (χ4v) is 3.38. The van der Waals surface area contributed by atoms with Crippen LogP contribution in [0.15, 0.2) is 48.5 Å². The standard InChI is InChI=1S/C21H23F3N2O2/c1-3-16-12-19(17-11-15(21(22,23)24)9-10-18(17)25-16)26-20(27)28-13(2)14-7-5-4-6-8-14/h4-11,13,16,19,25H,3,12H2,1-2H3,(H,26,27)/t13-,16+,19-/m0/s1. The summed E-state index contributed by atoms with van der Waals surface area (Å²) in [6.07, 6.45) is -4.29. The molecule has 1 aliphatic rings. The molecule has 0 unspecified atom stereocenters. The maximum Gasteiger partial charge on any atom is 0.416 e. The minimum Gasteiger partial charge on any atom is -0.442 e. The number of hydrogen-bond acceptors (Lipinski definition) is 3. The van der Waals surface area contributed by atoms with Crippen LogP contribution in [-0.4, -0.2) is 12.1 Å². The van der Waals surface area contributed by atoms with Gasteiger partial charge in [0, 0.05) is 11.7 Å². The van der Waals surface area contributed by atoms with Crippen molar-refractivity contribution in [3.63, 3.8) is 0 Å². The van der Waals surface area contributed by atoms with Gasteiger partial charge in [-0.15, -0.1) is 0 Å². The average molecular weight is 392 g/mol. The summed E-state index contributed by atoms with van der Waals surface area (Å²) in [6.45, 7) is 3.74. The van der Waals surface area contributed by atoms with Crippen molar-refractivity contribution in [2.75, 3.05) is 5.32 Å². The third-order valence-corrected chi connectivity index (χ3v) is 4.97. The minimum absolute atomic E-state index is 0.0566. The lowest BCUT2D eigenvalue weighted by Crippen LogP contribution is -2.37. The summed E-state index contributed by atoms with van der Waals surface area (Å²) in [5.74, 6) is 0. The van der Waals surface area contributed by atoms with Gasteiger partial charge in [0.15, 0.2) is 0 Å². The van der Waals surface area contributed by atoms with Crippen LogP contribution in [0.3, 0.4) is 0 Å². The zero-order chi connectivity index (χ0) is 20.3. The van der Waals surface area contributed by atoms with Crippen molar-refractivity contribution in [1.82, 2.24) is 5.32 Å². The highest BCUT2D eigenvalue weighted by Gasteiger charge is 2.34. The van der Waals surface area contributed by atoms with Crippen molar-refractivity contribution in [2.24, 2.45) is 0 Å². The Morgan fingerprint density at radius 1 is 1.25 bits per heavy atom. The molecule has 0 aromatic heterocycles. The van der Waals surface area contributed by atoms with Crippen LogP contribution < -0.4 is 10.6 Å². The molecule has 2 aromatic rings. The molecule has 0 radical (unpaired) electrons. The second-order valence-electron chi connectivity index (χ2n) is 6.94. The van der Waals surface area contributed by atoms with Gasteiger partial charge in [-0.1, -0.05) is 37.3 Å². The van der Waals surface area contributed by atoms with Gasteiger partial charge in [0.05, 0.1) is 11.6 Å². The molecule has 0 saturated carbocycles. The largest absolute Gasteiger partial charge is 0.442 e. The minimum atomic E-state index is -4.44. The molecule has 4 nitrogen and oxygen atoms in total. The van der Waals surface area contributed by atoms with Crippen molar-refractivity contribution in [3.8, 4) is 0 Å². The Bertz CT molecular complexity index is 824. The number of anilines is 1. The molecule has 0 fully saturated rings. The highest BCUT2D eigenvalue weighted by Crippen LogP contribution is 2.38. The van der Waals surface area contributed by atoms with Gasteiger partial charge < -0.3 is 15.4 Å². The lowest BCUT2D eigenvalue weighted by atomic mass is 9.90. The maximum atomic E-state index is 13.1. The summed E-state index contributed by atoms with van der Waals surface area (Å²) in [5, 5.41) is 5.99. The Morgan fingerprint density at radius 3 is 2.61 bits per heavy atom. The van der Waals surface area contributed by atoms with Crippen LogP contribution in [0.25, 0.3) is 0 Å². The molecule has 0 bridgehead atoms. The molecule has 28 heavy (non-hydrogen) atoms. The van der Waals surface area contributed by atoms with E-state index in [1.54, 1.807) is 6.92 Å². The number of carbonyl (C=O) groups is 1. The predicted octanol–water partition coefficient (Wildman–Crippen LogP) is 5.83. The highest BCUT2D eigenvalue weighted by atomic mass is 19.4. The SMILES string of the molecule is CC[C@@H]1C[C@H](NC(=O)O[C@@H](C)c2ccccc2)c2cc(C(F)(F)F)ccc2N1. The summed E-state index contributed by atoms with van der Waals surface area (Å²) in [6, 6.07) is 12.3. The van der Waals surface area contributed by atoms with Crippen LogP contribution in [0.1, 0.15) is 55.5 Å². The number of ether oxygens (including phenoxy) is 1. The second-order valence-corrected chi connectivity index (χ2v) is 6.94. The van der Waals surface area contributed by atoms with Gasteiger partial charge in [0.2, 0.25) is 0 Å². The number of halogens is 3. The van der Waals surface area contributed by atoms with Crippen molar-refractivity contribution in [2.45, 2.75) is 51.1 Å². The lowest BCUT2D eigenvalue weighted by molar-refractivity contribution is -0.137. The van der Waals surface area contributed by atoms with Gasteiger partial charge >= 0.3 is 12.3 Å². The number of alkyl carbamates (subject to hydrolysis) is 1. The number of alkyl halides is 3. The highest BCUT2D eigenvalue weighted by molar-refractivity contribution is 5.70. The van der Waals surface area contributed by atoms with Crippen LogP contribution in [0.5, 0.6) is 0 Å². The molecule has 7 heteroatoms. The molecule has 1 heterocycles. The Kier molecular flexibility index (Phi) is 5.82. The van der Waals surface area contributed by atoms with Gasteiger partial charge in [-0.3, -0.25) is 0 Å². The molecular weight excluding hydrogens is 369 g/mol. The average Bonchev–Trinajstić information content (AvgIpc) is 2.67. The fourth-order valence-electron chi connectivity index (χ4n) is 3.38. The van der Waals surface area contributed by atoms with Crippen molar-refractivity contribution < 1.29 is 22.7 Å². The number of rotatable bonds is 4. The molecule has 2 aromatic carbocycles. The van der Waals surface area contributed by atoms with Crippen LogP contribution in [0.4, 0.5) is 23.7 Å². The first kappa shape index (κ1) is 20.0. The van der Waals surface area contributed by atoms with Gasteiger partial charge in [0.25, 0.3) is 0 Å². The summed E-state index contributed by atoms with van der Waals surface area (Å²) in [5.41, 5.74) is 1.13. The van der Waals surface area contributed by atoms with E-state index < -0.39 is 30.0 Å². The molecule has 3 atom stereocenters. The lowest BCUT2D eigenvalue weighted by Gasteiger charge is -2.33. The Hall–Kier alpha value is -2.70. The van der Waals surface area contributed by atoms with Crippen molar-refractivity contribution in [1.29, 1.82) is 0 Å². The van der Waals surface area contributed by atoms with Crippen LogP contribution in [0, 0.1) is 0 Å². The molecule has 150 valence electrons. The fraction of sp³-hybridized carbons (Fsp3) is 0.381. The van der Waals surface area contributed by atoms with Crippen LogP contribution in [0.2, 0.25) is 0 Å². The number of amides is 1. The third-order valence-electron chi connectivity index (χ3n) is 4.97. The maximum absolute atomic E-state index is 13.1. The molecule has 2 N–H and O–H groups in total. The topological polar surface area (TPSA) is 50.4 Å². The number of carbonyl (C=O) groups excluding carboxylic acids is 1.